The number of nitrogens with zero attached hydrogens (tertiary/aromatic N) is 1. The monoisotopic (exact) mass is 401 g/mol. The number of carbonyl (C=O) groups is 1. The average molecular weight is 402 g/mol. The van der Waals surface area contributed by atoms with E-state index in [1.165, 1.54) is 38.3 Å². The molecule has 2 N–H and O–H groups in total. The van der Waals surface area contributed by atoms with E-state index in [9.17, 15) is 13.2 Å². The molecule has 0 unspecified atom stereocenters. The minimum atomic E-state index is -3.75. The molecule has 1 heterocycles. The van der Waals surface area contributed by atoms with Crippen molar-refractivity contribution in [3.05, 3.63) is 54.1 Å². The first-order valence-electron chi connectivity index (χ1n) is 9.60. The first-order chi connectivity index (χ1) is 13.3. The quantitative estimate of drug-likeness (QED) is 0.779. The minimum Gasteiger partial charge on any atom is -0.372 e. The molecule has 1 saturated heterocycles. The molecular formula is C21H27N3O3S. The van der Waals surface area contributed by atoms with Gasteiger partial charge in [0.1, 0.15) is 0 Å². The molecule has 1 fully saturated rings. The van der Waals surface area contributed by atoms with Crippen LogP contribution in [0.5, 0.6) is 0 Å². The normalized spacial score (nSPS) is 15.9. The van der Waals surface area contributed by atoms with Gasteiger partial charge >= 0.3 is 0 Å². The summed E-state index contributed by atoms with van der Waals surface area (Å²) in [6.07, 6.45) is 3.69. The van der Waals surface area contributed by atoms with Gasteiger partial charge in [0.2, 0.25) is 15.9 Å². The number of hydrogen-bond acceptors (Lipinski definition) is 4. The molecule has 1 amide bonds. The van der Waals surface area contributed by atoms with Gasteiger partial charge in [0, 0.05) is 24.5 Å². The van der Waals surface area contributed by atoms with Crippen molar-refractivity contribution in [2.45, 2.75) is 44.0 Å². The second kappa shape index (κ2) is 8.75. The van der Waals surface area contributed by atoms with E-state index in [0.29, 0.717) is 5.69 Å². The number of amides is 1. The van der Waals surface area contributed by atoms with Crippen LogP contribution in [0.15, 0.2) is 53.4 Å². The number of carbonyl (C=O) groups excluding carboxylic acids is 1. The van der Waals surface area contributed by atoms with Crippen LogP contribution < -0.4 is 14.9 Å². The molecule has 0 aromatic heterocycles. The molecule has 2 aromatic carbocycles. The highest BCUT2D eigenvalue weighted by Gasteiger charge is 2.22. The molecule has 1 aliphatic heterocycles. The Labute approximate surface area is 167 Å². The molecule has 1 aliphatic rings. The van der Waals surface area contributed by atoms with E-state index < -0.39 is 22.0 Å². The van der Waals surface area contributed by atoms with Gasteiger partial charge in [-0.25, -0.2) is 8.42 Å². The lowest BCUT2D eigenvalue weighted by atomic mass is 10.1. The van der Waals surface area contributed by atoms with Crippen LogP contribution >= 0.6 is 0 Å². The summed E-state index contributed by atoms with van der Waals surface area (Å²) in [5.41, 5.74) is 2.76. The molecule has 0 bridgehead atoms. The largest absolute Gasteiger partial charge is 0.372 e. The Balaban J connectivity index is 1.59. The Kier molecular flexibility index (Phi) is 6.36. The molecule has 150 valence electrons. The van der Waals surface area contributed by atoms with E-state index in [1.54, 1.807) is 12.1 Å². The molecule has 7 heteroatoms. The smallest absolute Gasteiger partial charge is 0.242 e. The molecule has 2 aromatic rings. The molecule has 0 aliphatic carbocycles. The SMILES string of the molecule is Cc1ccc(S(=O)(=O)N[C@H](C)C(=O)Nc2ccc(N3CCCCC3)cc2)cc1. The molecule has 0 saturated carbocycles. The molecule has 0 radical (unpaired) electrons. The second-order valence-electron chi connectivity index (χ2n) is 7.24. The van der Waals surface area contributed by atoms with Gasteiger partial charge in [-0.15, -0.1) is 0 Å². The highest BCUT2D eigenvalue weighted by atomic mass is 32.2. The van der Waals surface area contributed by atoms with Gasteiger partial charge in [0.25, 0.3) is 0 Å². The summed E-state index contributed by atoms with van der Waals surface area (Å²) >= 11 is 0. The Bertz CT molecular complexity index is 903. The first-order valence-corrected chi connectivity index (χ1v) is 11.1. The van der Waals surface area contributed by atoms with Crippen molar-refractivity contribution >= 4 is 27.3 Å². The molecule has 28 heavy (non-hydrogen) atoms. The van der Waals surface area contributed by atoms with Crippen LogP contribution in [0.3, 0.4) is 0 Å². The molecule has 3 rings (SSSR count). The molecule has 1 atom stereocenters. The fraction of sp³-hybridized carbons (Fsp3) is 0.381. The zero-order valence-electron chi connectivity index (χ0n) is 16.3. The number of aryl methyl sites for hydroxylation is 1. The number of sulfonamides is 1. The van der Waals surface area contributed by atoms with Crippen LogP contribution in [0.4, 0.5) is 11.4 Å². The zero-order valence-corrected chi connectivity index (χ0v) is 17.1. The number of rotatable bonds is 6. The van der Waals surface area contributed by atoms with E-state index in [-0.39, 0.29) is 4.90 Å². The van der Waals surface area contributed by atoms with Gasteiger partial charge < -0.3 is 10.2 Å². The number of benzene rings is 2. The third kappa shape index (κ3) is 5.11. The fourth-order valence-electron chi connectivity index (χ4n) is 3.23. The molecule has 6 nitrogen and oxygen atoms in total. The van der Waals surface area contributed by atoms with Crippen LogP contribution in [-0.2, 0) is 14.8 Å². The summed E-state index contributed by atoms with van der Waals surface area (Å²) < 4.78 is 27.3. The van der Waals surface area contributed by atoms with Crippen molar-refractivity contribution in [2.75, 3.05) is 23.3 Å². The van der Waals surface area contributed by atoms with Crippen molar-refractivity contribution < 1.29 is 13.2 Å². The van der Waals surface area contributed by atoms with Crippen molar-refractivity contribution in [3.63, 3.8) is 0 Å². The maximum atomic E-state index is 12.4. The van der Waals surface area contributed by atoms with E-state index >= 15 is 0 Å². The van der Waals surface area contributed by atoms with Crippen molar-refractivity contribution in [2.24, 2.45) is 0 Å². The third-order valence-corrected chi connectivity index (χ3v) is 6.47. The number of anilines is 2. The summed E-state index contributed by atoms with van der Waals surface area (Å²) in [6.45, 7) is 5.53. The first kappa shape index (κ1) is 20.4. The summed E-state index contributed by atoms with van der Waals surface area (Å²) in [7, 11) is -3.75. The predicted octanol–water partition coefficient (Wildman–Crippen LogP) is 3.29. The van der Waals surface area contributed by atoms with Gasteiger partial charge in [-0.2, -0.15) is 4.72 Å². The van der Waals surface area contributed by atoms with E-state index in [0.717, 1.165) is 24.3 Å². The lowest BCUT2D eigenvalue weighted by molar-refractivity contribution is -0.117. The molecule has 0 spiro atoms. The lowest BCUT2D eigenvalue weighted by Gasteiger charge is -2.28. The Hall–Kier alpha value is -2.38. The van der Waals surface area contributed by atoms with E-state index in [1.807, 2.05) is 31.2 Å². The van der Waals surface area contributed by atoms with Crippen LogP contribution in [0, 0.1) is 6.92 Å². The summed E-state index contributed by atoms with van der Waals surface area (Å²) in [4.78, 5) is 14.9. The van der Waals surface area contributed by atoms with Crippen molar-refractivity contribution in [3.8, 4) is 0 Å². The van der Waals surface area contributed by atoms with Crippen LogP contribution in [-0.4, -0.2) is 33.5 Å². The van der Waals surface area contributed by atoms with Gasteiger partial charge in [-0.1, -0.05) is 17.7 Å². The van der Waals surface area contributed by atoms with Crippen LogP contribution in [0.2, 0.25) is 0 Å². The fourth-order valence-corrected chi connectivity index (χ4v) is 4.43. The summed E-state index contributed by atoms with van der Waals surface area (Å²) in [5, 5.41) is 2.77. The summed E-state index contributed by atoms with van der Waals surface area (Å²) in [5.74, 6) is -0.401. The standard InChI is InChI=1S/C21H27N3O3S/c1-16-6-12-20(13-7-16)28(26,27)23-17(2)21(25)22-18-8-10-19(11-9-18)24-14-4-3-5-15-24/h6-13,17,23H,3-5,14-15H2,1-2H3,(H,22,25)/t17-/m1/s1. The topological polar surface area (TPSA) is 78.5 Å². The number of piperidine rings is 1. The maximum Gasteiger partial charge on any atom is 0.242 e. The Morgan fingerprint density at radius 3 is 2.18 bits per heavy atom. The van der Waals surface area contributed by atoms with Gasteiger partial charge in [0.15, 0.2) is 0 Å². The van der Waals surface area contributed by atoms with Gasteiger partial charge in [-0.3, -0.25) is 4.79 Å². The zero-order chi connectivity index (χ0) is 20.1. The minimum absolute atomic E-state index is 0.142. The van der Waals surface area contributed by atoms with Crippen LogP contribution in [0.1, 0.15) is 31.7 Å². The average Bonchev–Trinajstić information content (AvgIpc) is 2.69. The maximum absolute atomic E-state index is 12.4. The second-order valence-corrected chi connectivity index (χ2v) is 8.95. The highest BCUT2D eigenvalue weighted by molar-refractivity contribution is 7.89. The highest BCUT2D eigenvalue weighted by Crippen LogP contribution is 2.22. The third-order valence-electron chi connectivity index (χ3n) is 4.91. The summed E-state index contributed by atoms with van der Waals surface area (Å²) in [6, 6.07) is 13.3. The van der Waals surface area contributed by atoms with E-state index in [4.69, 9.17) is 0 Å². The number of hydrogen-bond donors (Lipinski definition) is 2. The van der Waals surface area contributed by atoms with Crippen molar-refractivity contribution in [1.29, 1.82) is 0 Å². The van der Waals surface area contributed by atoms with Gasteiger partial charge in [-0.05, 0) is 69.5 Å². The Morgan fingerprint density at radius 2 is 1.57 bits per heavy atom. The van der Waals surface area contributed by atoms with E-state index in [2.05, 4.69) is 14.9 Å². The van der Waals surface area contributed by atoms with Gasteiger partial charge in [0.05, 0.1) is 10.9 Å². The number of nitrogens with one attached hydrogen (secondary N) is 2. The Morgan fingerprint density at radius 1 is 0.964 bits per heavy atom. The molecular weight excluding hydrogens is 374 g/mol. The lowest BCUT2D eigenvalue weighted by Crippen LogP contribution is -2.41. The van der Waals surface area contributed by atoms with Crippen molar-refractivity contribution in [1.82, 2.24) is 4.72 Å². The predicted molar refractivity (Wildman–Crippen MR) is 112 cm³/mol. The van der Waals surface area contributed by atoms with Crippen LogP contribution in [0.25, 0.3) is 0 Å².